The number of nitrogens with zero attached hydrogens (tertiary/aromatic N) is 2. The van der Waals surface area contributed by atoms with E-state index in [2.05, 4.69) is 17.3 Å². The molecule has 0 radical (unpaired) electrons. The molecule has 1 N–H and O–H groups in total. The van der Waals surface area contributed by atoms with Crippen molar-refractivity contribution in [2.75, 3.05) is 7.05 Å². The molecule has 0 amide bonds. The van der Waals surface area contributed by atoms with E-state index in [1.807, 2.05) is 21.0 Å². The van der Waals surface area contributed by atoms with Crippen LogP contribution in [-0.2, 0) is 13.5 Å². The Kier molecular flexibility index (Phi) is 7.47. The topological polar surface area (TPSA) is 29.9 Å². The van der Waals surface area contributed by atoms with Gasteiger partial charge in [0.05, 0.1) is 5.69 Å². The Balaban J connectivity index is 2.43. The Labute approximate surface area is 122 Å². The summed E-state index contributed by atoms with van der Waals surface area (Å²) in [6.07, 6.45) is 8.85. The summed E-state index contributed by atoms with van der Waals surface area (Å²) in [4.78, 5) is 0. The van der Waals surface area contributed by atoms with Crippen molar-refractivity contribution in [2.45, 2.75) is 64.8 Å². The van der Waals surface area contributed by atoms with E-state index in [-0.39, 0.29) is 0 Å². The summed E-state index contributed by atoms with van der Waals surface area (Å²) < 4.78 is 1.76. The number of hydrogen-bond donors (Lipinski definition) is 1. The van der Waals surface area contributed by atoms with Gasteiger partial charge in [0.2, 0.25) is 0 Å². The van der Waals surface area contributed by atoms with Crippen molar-refractivity contribution in [3.8, 4) is 0 Å². The fourth-order valence-corrected chi connectivity index (χ4v) is 2.75. The van der Waals surface area contributed by atoms with Crippen LogP contribution in [0.15, 0.2) is 0 Å². The van der Waals surface area contributed by atoms with Crippen LogP contribution < -0.4 is 5.32 Å². The average Bonchev–Trinajstić information content (AvgIpc) is 2.63. The maximum absolute atomic E-state index is 6.29. The number of aromatic nitrogens is 2. The molecule has 0 spiro atoms. The number of halogens is 1. The van der Waals surface area contributed by atoms with Gasteiger partial charge in [0.15, 0.2) is 0 Å². The Morgan fingerprint density at radius 3 is 2.47 bits per heavy atom. The van der Waals surface area contributed by atoms with Crippen LogP contribution in [0.25, 0.3) is 0 Å². The van der Waals surface area contributed by atoms with Crippen LogP contribution in [0, 0.1) is 6.92 Å². The van der Waals surface area contributed by atoms with Crippen molar-refractivity contribution in [2.24, 2.45) is 7.05 Å². The van der Waals surface area contributed by atoms with Crippen LogP contribution in [0.5, 0.6) is 0 Å². The molecule has 0 aliphatic carbocycles. The summed E-state index contributed by atoms with van der Waals surface area (Å²) in [7, 11) is 3.94. The number of rotatable bonds is 9. The van der Waals surface area contributed by atoms with Crippen molar-refractivity contribution in [1.82, 2.24) is 15.1 Å². The van der Waals surface area contributed by atoms with Gasteiger partial charge in [-0.1, -0.05) is 50.6 Å². The van der Waals surface area contributed by atoms with E-state index in [0.29, 0.717) is 6.04 Å². The van der Waals surface area contributed by atoms with Gasteiger partial charge in [-0.3, -0.25) is 4.68 Å². The van der Waals surface area contributed by atoms with Crippen molar-refractivity contribution in [1.29, 1.82) is 0 Å². The molecule has 0 aliphatic heterocycles. The van der Waals surface area contributed by atoms with Crippen LogP contribution in [-0.4, -0.2) is 22.9 Å². The molecule has 0 bridgehead atoms. The van der Waals surface area contributed by atoms with E-state index in [1.165, 1.54) is 44.1 Å². The van der Waals surface area contributed by atoms with E-state index in [0.717, 1.165) is 17.3 Å². The highest BCUT2D eigenvalue weighted by molar-refractivity contribution is 6.30. The molecule has 1 aromatic heterocycles. The van der Waals surface area contributed by atoms with Gasteiger partial charge in [-0.05, 0) is 26.8 Å². The molecular formula is C15H28ClN3. The zero-order chi connectivity index (χ0) is 14.3. The van der Waals surface area contributed by atoms with Gasteiger partial charge < -0.3 is 5.32 Å². The molecule has 1 aromatic rings. The first kappa shape index (κ1) is 16.5. The molecule has 4 heteroatoms. The first-order valence-corrected chi connectivity index (χ1v) is 7.83. The molecule has 0 saturated heterocycles. The lowest BCUT2D eigenvalue weighted by Gasteiger charge is -2.16. The third-order valence-electron chi connectivity index (χ3n) is 3.78. The quantitative estimate of drug-likeness (QED) is 0.698. The molecule has 0 fully saturated rings. The summed E-state index contributed by atoms with van der Waals surface area (Å²) in [5.41, 5.74) is 2.25. The van der Waals surface area contributed by atoms with Gasteiger partial charge >= 0.3 is 0 Å². The maximum atomic E-state index is 6.29. The first-order valence-electron chi connectivity index (χ1n) is 7.45. The highest BCUT2D eigenvalue weighted by Gasteiger charge is 2.15. The van der Waals surface area contributed by atoms with E-state index in [1.54, 1.807) is 4.68 Å². The number of likely N-dealkylation sites (N-methyl/N-ethyl adjacent to an activating group) is 1. The third kappa shape index (κ3) is 5.15. The second kappa shape index (κ2) is 8.60. The molecule has 0 saturated carbocycles. The molecular weight excluding hydrogens is 258 g/mol. The molecule has 0 aliphatic rings. The SMILES string of the molecule is CCCCCCCC(Cc1c(C)nn(C)c1Cl)NC. The summed E-state index contributed by atoms with van der Waals surface area (Å²) in [6.45, 7) is 4.29. The first-order chi connectivity index (χ1) is 9.10. The zero-order valence-corrected chi connectivity index (χ0v) is 13.6. The lowest BCUT2D eigenvalue weighted by Crippen LogP contribution is -2.27. The van der Waals surface area contributed by atoms with Gasteiger partial charge in [-0.25, -0.2) is 0 Å². The second-order valence-corrected chi connectivity index (χ2v) is 5.73. The monoisotopic (exact) mass is 285 g/mol. The number of hydrogen-bond acceptors (Lipinski definition) is 2. The highest BCUT2D eigenvalue weighted by atomic mass is 35.5. The average molecular weight is 286 g/mol. The molecule has 3 nitrogen and oxygen atoms in total. The van der Waals surface area contributed by atoms with Crippen LogP contribution in [0.4, 0.5) is 0 Å². The standard InChI is InChI=1S/C15H28ClN3/c1-5-6-7-8-9-10-13(17-3)11-14-12(2)18-19(4)15(14)16/h13,17H,5-11H2,1-4H3. The molecule has 110 valence electrons. The number of unbranched alkanes of at least 4 members (excludes halogenated alkanes) is 4. The van der Waals surface area contributed by atoms with Crippen LogP contribution in [0.3, 0.4) is 0 Å². The highest BCUT2D eigenvalue weighted by Crippen LogP contribution is 2.21. The van der Waals surface area contributed by atoms with Crippen LogP contribution in [0.1, 0.15) is 56.7 Å². The van der Waals surface area contributed by atoms with Crippen LogP contribution >= 0.6 is 11.6 Å². The third-order valence-corrected chi connectivity index (χ3v) is 4.26. The Morgan fingerprint density at radius 1 is 1.26 bits per heavy atom. The predicted molar refractivity (Wildman–Crippen MR) is 82.9 cm³/mol. The number of aryl methyl sites for hydroxylation is 2. The largest absolute Gasteiger partial charge is 0.317 e. The van der Waals surface area contributed by atoms with Gasteiger partial charge in [-0.2, -0.15) is 5.10 Å². The smallest absolute Gasteiger partial charge is 0.130 e. The number of nitrogens with one attached hydrogen (secondary N) is 1. The molecule has 1 atom stereocenters. The van der Waals surface area contributed by atoms with E-state index >= 15 is 0 Å². The van der Waals surface area contributed by atoms with E-state index in [9.17, 15) is 0 Å². The summed E-state index contributed by atoms with van der Waals surface area (Å²) in [5.74, 6) is 0. The summed E-state index contributed by atoms with van der Waals surface area (Å²) in [6, 6.07) is 0.502. The van der Waals surface area contributed by atoms with E-state index < -0.39 is 0 Å². The lowest BCUT2D eigenvalue weighted by molar-refractivity contribution is 0.481. The van der Waals surface area contributed by atoms with Gasteiger partial charge in [-0.15, -0.1) is 0 Å². The fraction of sp³-hybridized carbons (Fsp3) is 0.800. The van der Waals surface area contributed by atoms with Gasteiger partial charge in [0, 0.05) is 18.7 Å². The zero-order valence-electron chi connectivity index (χ0n) is 12.8. The van der Waals surface area contributed by atoms with Crippen LogP contribution in [0.2, 0.25) is 5.15 Å². The Morgan fingerprint density at radius 2 is 1.95 bits per heavy atom. The minimum absolute atomic E-state index is 0.502. The van der Waals surface area contributed by atoms with Crippen molar-refractivity contribution < 1.29 is 0 Å². The normalized spacial score (nSPS) is 12.9. The fourth-order valence-electron chi connectivity index (χ4n) is 2.49. The van der Waals surface area contributed by atoms with Gasteiger partial charge in [0.25, 0.3) is 0 Å². The van der Waals surface area contributed by atoms with Crippen molar-refractivity contribution in [3.63, 3.8) is 0 Å². The predicted octanol–water partition coefficient (Wildman–Crippen LogP) is 3.87. The lowest BCUT2D eigenvalue weighted by atomic mass is 10.0. The van der Waals surface area contributed by atoms with Crippen molar-refractivity contribution >= 4 is 11.6 Å². The maximum Gasteiger partial charge on any atom is 0.130 e. The minimum Gasteiger partial charge on any atom is -0.317 e. The Hall–Kier alpha value is -0.540. The molecule has 0 aromatic carbocycles. The second-order valence-electron chi connectivity index (χ2n) is 5.37. The van der Waals surface area contributed by atoms with Crippen molar-refractivity contribution in [3.05, 3.63) is 16.4 Å². The molecule has 1 unspecified atom stereocenters. The summed E-state index contributed by atoms with van der Waals surface area (Å²) >= 11 is 6.29. The van der Waals surface area contributed by atoms with Gasteiger partial charge in [0.1, 0.15) is 5.15 Å². The Bertz CT molecular complexity index is 374. The van der Waals surface area contributed by atoms with E-state index in [4.69, 9.17) is 11.6 Å². The molecule has 19 heavy (non-hydrogen) atoms. The molecule has 1 heterocycles. The molecule has 1 rings (SSSR count). The minimum atomic E-state index is 0.502. The summed E-state index contributed by atoms with van der Waals surface area (Å²) in [5, 5.41) is 8.57.